The molecule has 0 aromatic heterocycles. The summed E-state index contributed by atoms with van der Waals surface area (Å²) in [6.45, 7) is 0. The molecule has 0 bridgehead atoms. The van der Waals surface area contributed by atoms with Crippen LogP contribution in [0.3, 0.4) is 0 Å². The Morgan fingerprint density at radius 1 is 1.21 bits per heavy atom. The van der Waals surface area contributed by atoms with Crippen molar-refractivity contribution in [1.29, 1.82) is 0 Å². The molecule has 2 heteroatoms. The third kappa shape index (κ3) is 2.71. The summed E-state index contributed by atoms with van der Waals surface area (Å²) >= 11 is 0. The van der Waals surface area contributed by atoms with Crippen molar-refractivity contribution in [3.8, 4) is 0 Å². The predicted molar refractivity (Wildman–Crippen MR) is 56.2 cm³/mol. The van der Waals surface area contributed by atoms with Gasteiger partial charge in [-0.1, -0.05) is 12.8 Å². The van der Waals surface area contributed by atoms with Crippen molar-refractivity contribution >= 4 is 0 Å². The fraction of sp³-hybridized carbons (Fsp3) is 1.00. The van der Waals surface area contributed by atoms with E-state index < -0.39 is 0 Å². The van der Waals surface area contributed by atoms with Crippen LogP contribution in [0.25, 0.3) is 0 Å². The highest BCUT2D eigenvalue weighted by Crippen LogP contribution is 2.39. The standard InChI is InChI=1S/C12H22O2/c1-14-11-5-8-12(13,9-6-11)7-4-10-2-3-10/h10-11,13H,2-9H2,1H3. The van der Waals surface area contributed by atoms with Crippen LogP contribution in [-0.4, -0.2) is 23.9 Å². The normalized spacial score (nSPS) is 38.6. The van der Waals surface area contributed by atoms with E-state index in [1.165, 1.54) is 19.3 Å². The molecule has 0 aromatic carbocycles. The molecule has 0 unspecified atom stereocenters. The predicted octanol–water partition coefficient (Wildman–Crippen LogP) is 2.50. The van der Waals surface area contributed by atoms with E-state index in [1.807, 2.05) is 0 Å². The fourth-order valence-corrected chi connectivity index (χ4v) is 2.49. The van der Waals surface area contributed by atoms with Crippen molar-refractivity contribution < 1.29 is 9.84 Å². The first-order valence-corrected chi connectivity index (χ1v) is 5.97. The van der Waals surface area contributed by atoms with Crippen molar-refractivity contribution in [2.24, 2.45) is 5.92 Å². The van der Waals surface area contributed by atoms with Gasteiger partial charge in [0.05, 0.1) is 11.7 Å². The average Bonchev–Trinajstić information content (AvgIpc) is 3.00. The summed E-state index contributed by atoms with van der Waals surface area (Å²) in [6.07, 6.45) is 9.43. The summed E-state index contributed by atoms with van der Waals surface area (Å²) in [4.78, 5) is 0. The summed E-state index contributed by atoms with van der Waals surface area (Å²) in [7, 11) is 1.78. The molecule has 2 aliphatic rings. The van der Waals surface area contributed by atoms with Gasteiger partial charge < -0.3 is 9.84 Å². The molecule has 0 atom stereocenters. The molecule has 0 aromatic rings. The Labute approximate surface area is 86.6 Å². The van der Waals surface area contributed by atoms with Gasteiger partial charge in [-0.15, -0.1) is 0 Å². The van der Waals surface area contributed by atoms with Crippen molar-refractivity contribution in [3.05, 3.63) is 0 Å². The molecule has 2 rings (SSSR count). The summed E-state index contributed by atoms with van der Waals surface area (Å²) < 4.78 is 5.31. The van der Waals surface area contributed by atoms with Gasteiger partial charge in [-0.3, -0.25) is 0 Å². The van der Waals surface area contributed by atoms with Gasteiger partial charge in [-0.2, -0.15) is 0 Å². The summed E-state index contributed by atoms with van der Waals surface area (Å²) in [5.74, 6) is 0.944. The van der Waals surface area contributed by atoms with E-state index in [0.717, 1.165) is 38.0 Å². The molecule has 0 spiro atoms. The molecule has 2 fully saturated rings. The number of hydrogen-bond acceptors (Lipinski definition) is 2. The van der Waals surface area contributed by atoms with E-state index in [4.69, 9.17) is 4.74 Å². The minimum Gasteiger partial charge on any atom is -0.390 e. The molecule has 2 saturated carbocycles. The SMILES string of the molecule is COC1CCC(O)(CCC2CC2)CC1. The van der Waals surface area contributed by atoms with Crippen LogP contribution in [0.4, 0.5) is 0 Å². The number of ether oxygens (including phenoxy) is 1. The van der Waals surface area contributed by atoms with Gasteiger partial charge in [-0.25, -0.2) is 0 Å². The Hall–Kier alpha value is -0.0800. The topological polar surface area (TPSA) is 29.5 Å². The second-order valence-corrected chi connectivity index (χ2v) is 5.14. The molecule has 0 heterocycles. The van der Waals surface area contributed by atoms with Gasteiger partial charge in [0, 0.05) is 7.11 Å². The minimum absolute atomic E-state index is 0.350. The number of methoxy groups -OCH3 is 1. The van der Waals surface area contributed by atoms with Crippen LogP contribution in [0, 0.1) is 5.92 Å². The molecule has 82 valence electrons. The molecule has 0 saturated heterocycles. The highest BCUT2D eigenvalue weighted by molar-refractivity contribution is 4.87. The smallest absolute Gasteiger partial charge is 0.0649 e. The van der Waals surface area contributed by atoms with E-state index >= 15 is 0 Å². The zero-order valence-electron chi connectivity index (χ0n) is 9.17. The van der Waals surface area contributed by atoms with Crippen LogP contribution in [0.15, 0.2) is 0 Å². The largest absolute Gasteiger partial charge is 0.390 e. The van der Waals surface area contributed by atoms with Crippen LogP contribution >= 0.6 is 0 Å². The lowest BCUT2D eigenvalue weighted by Gasteiger charge is -2.35. The third-order valence-corrected chi connectivity index (χ3v) is 3.91. The van der Waals surface area contributed by atoms with Crippen molar-refractivity contribution in [3.63, 3.8) is 0 Å². The van der Waals surface area contributed by atoms with Crippen LogP contribution in [0.5, 0.6) is 0 Å². The van der Waals surface area contributed by atoms with Crippen LogP contribution in [0.2, 0.25) is 0 Å². The zero-order chi connectivity index (χ0) is 10.0. The van der Waals surface area contributed by atoms with E-state index in [9.17, 15) is 5.11 Å². The number of aliphatic hydroxyl groups is 1. The quantitative estimate of drug-likeness (QED) is 0.752. The van der Waals surface area contributed by atoms with E-state index in [2.05, 4.69) is 0 Å². The molecule has 0 radical (unpaired) electrons. The van der Waals surface area contributed by atoms with E-state index in [-0.39, 0.29) is 5.60 Å². The first kappa shape index (κ1) is 10.4. The maximum atomic E-state index is 10.3. The van der Waals surface area contributed by atoms with Crippen LogP contribution < -0.4 is 0 Å². The van der Waals surface area contributed by atoms with Crippen molar-refractivity contribution in [1.82, 2.24) is 0 Å². The first-order chi connectivity index (χ1) is 6.72. The second kappa shape index (κ2) is 4.19. The van der Waals surface area contributed by atoms with E-state index in [1.54, 1.807) is 7.11 Å². The fourth-order valence-electron chi connectivity index (χ4n) is 2.49. The lowest BCUT2D eigenvalue weighted by atomic mass is 9.80. The van der Waals surface area contributed by atoms with Gasteiger partial charge in [0.25, 0.3) is 0 Å². The number of hydrogen-bond donors (Lipinski definition) is 1. The highest BCUT2D eigenvalue weighted by Gasteiger charge is 2.34. The molecule has 2 aliphatic carbocycles. The maximum absolute atomic E-state index is 10.3. The molecule has 0 aliphatic heterocycles. The summed E-state index contributed by atoms with van der Waals surface area (Å²) in [5, 5.41) is 10.3. The van der Waals surface area contributed by atoms with Crippen LogP contribution in [-0.2, 0) is 4.74 Å². The second-order valence-electron chi connectivity index (χ2n) is 5.14. The molecule has 2 nitrogen and oxygen atoms in total. The van der Waals surface area contributed by atoms with Crippen molar-refractivity contribution in [2.45, 2.75) is 63.1 Å². The lowest BCUT2D eigenvalue weighted by Crippen LogP contribution is -2.36. The van der Waals surface area contributed by atoms with Gasteiger partial charge in [0.1, 0.15) is 0 Å². The Morgan fingerprint density at radius 2 is 1.86 bits per heavy atom. The van der Waals surface area contributed by atoms with Gasteiger partial charge in [-0.05, 0) is 44.4 Å². The molecule has 0 amide bonds. The van der Waals surface area contributed by atoms with Crippen molar-refractivity contribution in [2.75, 3.05) is 7.11 Å². The first-order valence-electron chi connectivity index (χ1n) is 5.97. The third-order valence-electron chi connectivity index (χ3n) is 3.91. The number of rotatable bonds is 4. The molecule has 14 heavy (non-hydrogen) atoms. The minimum atomic E-state index is -0.350. The Balaban J connectivity index is 1.72. The van der Waals surface area contributed by atoms with Crippen LogP contribution in [0.1, 0.15) is 51.4 Å². The maximum Gasteiger partial charge on any atom is 0.0649 e. The van der Waals surface area contributed by atoms with Gasteiger partial charge in [0.2, 0.25) is 0 Å². The monoisotopic (exact) mass is 198 g/mol. The Kier molecular flexibility index (Phi) is 3.13. The summed E-state index contributed by atoms with van der Waals surface area (Å²) in [5.41, 5.74) is -0.350. The summed E-state index contributed by atoms with van der Waals surface area (Å²) in [6, 6.07) is 0. The Morgan fingerprint density at radius 3 is 2.36 bits per heavy atom. The van der Waals surface area contributed by atoms with Gasteiger partial charge in [0.15, 0.2) is 0 Å². The molecule has 1 N–H and O–H groups in total. The molecular formula is C12H22O2. The molecular weight excluding hydrogens is 176 g/mol. The average molecular weight is 198 g/mol. The van der Waals surface area contributed by atoms with Gasteiger partial charge >= 0.3 is 0 Å². The lowest BCUT2D eigenvalue weighted by molar-refractivity contribution is -0.0498. The zero-order valence-corrected chi connectivity index (χ0v) is 9.17. The Bertz CT molecular complexity index is 179. The highest BCUT2D eigenvalue weighted by atomic mass is 16.5. The van der Waals surface area contributed by atoms with E-state index in [0.29, 0.717) is 6.10 Å².